The summed E-state index contributed by atoms with van der Waals surface area (Å²) >= 11 is 0. The SMILES string of the molecule is CCCCCCCCCCC1(CCCCCCCCCC)c2cc(/C=C/c3ccc([S+](c4ccccc4)c4ccccc4)cc3)ccc2-c2ccc(/C=C/c3ccc([S+](c4ccccc4)c4ccccc4)cc3)cc21. The van der Waals surface area contributed by atoms with Crippen molar-refractivity contribution >= 4 is 46.1 Å². The third-order valence-electron chi connectivity index (χ3n) is 15.4. The lowest BCUT2D eigenvalue weighted by atomic mass is 9.70. The van der Waals surface area contributed by atoms with Crippen molar-refractivity contribution in [2.24, 2.45) is 0 Å². The summed E-state index contributed by atoms with van der Waals surface area (Å²) in [4.78, 5) is 8.07. The van der Waals surface area contributed by atoms with E-state index in [1.165, 1.54) is 178 Å². The second-order valence-electron chi connectivity index (χ2n) is 20.8. The lowest BCUT2D eigenvalue weighted by molar-refractivity contribution is 0.397. The molecular weight excluding hydrogens is 941 g/mol. The van der Waals surface area contributed by atoms with Crippen LogP contribution >= 0.6 is 0 Å². The molecule has 2 heteroatoms. The molecule has 0 fully saturated rings. The van der Waals surface area contributed by atoms with E-state index in [9.17, 15) is 0 Å². The summed E-state index contributed by atoms with van der Waals surface area (Å²) in [6.45, 7) is 4.64. The van der Waals surface area contributed by atoms with E-state index in [1.54, 1.807) is 11.1 Å². The molecule has 8 aromatic rings. The molecule has 382 valence electrons. The summed E-state index contributed by atoms with van der Waals surface area (Å²) in [5, 5.41) is 0. The summed E-state index contributed by atoms with van der Waals surface area (Å²) in [5.41, 5.74) is 11.0. The average molecular weight is 1020 g/mol. The number of hydrogen-bond donors (Lipinski definition) is 0. The van der Waals surface area contributed by atoms with Gasteiger partial charge in [0, 0.05) is 5.41 Å². The summed E-state index contributed by atoms with van der Waals surface area (Å²) in [5.74, 6) is 0. The maximum absolute atomic E-state index is 2.59. The van der Waals surface area contributed by atoms with Crippen LogP contribution in [0, 0.1) is 0 Å². The van der Waals surface area contributed by atoms with Gasteiger partial charge >= 0.3 is 0 Å². The monoisotopic (exact) mass is 1020 g/mol. The molecule has 0 heterocycles. The number of benzene rings is 8. The molecule has 0 nitrogen and oxygen atoms in total. The Labute approximate surface area is 458 Å². The topological polar surface area (TPSA) is 0 Å². The summed E-state index contributed by atoms with van der Waals surface area (Å²) in [6.07, 6.45) is 33.2. The van der Waals surface area contributed by atoms with Crippen molar-refractivity contribution in [1.82, 2.24) is 0 Å². The van der Waals surface area contributed by atoms with Crippen LogP contribution in [0.2, 0.25) is 0 Å². The lowest BCUT2D eigenvalue weighted by Crippen LogP contribution is -2.25. The minimum atomic E-state index is -0.161. The second kappa shape index (κ2) is 28.2. The van der Waals surface area contributed by atoms with Crippen LogP contribution in [0.1, 0.15) is 163 Å². The van der Waals surface area contributed by atoms with Gasteiger partial charge in [0.15, 0.2) is 29.4 Å². The fourth-order valence-electron chi connectivity index (χ4n) is 11.4. The molecule has 1 aliphatic carbocycles. The van der Waals surface area contributed by atoms with E-state index in [4.69, 9.17) is 0 Å². The Morgan fingerprint density at radius 3 is 0.867 bits per heavy atom. The molecule has 8 aromatic carbocycles. The zero-order valence-corrected chi connectivity index (χ0v) is 46.6. The normalized spacial score (nSPS) is 12.8. The van der Waals surface area contributed by atoms with E-state index in [1.807, 2.05) is 0 Å². The number of unbranched alkanes of at least 4 members (excludes halogenated alkanes) is 14. The van der Waals surface area contributed by atoms with Crippen molar-refractivity contribution in [3.8, 4) is 11.1 Å². The first-order valence-electron chi connectivity index (χ1n) is 28.7. The first-order valence-corrected chi connectivity index (χ1v) is 31.1. The van der Waals surface area contributed by atoms with Crippen LogP contribution in [0.3, 0.4) is 0 Å². The van der Waals surface area contributed by atoms with Crippen molar-refractivity contribution in [2.75, 3.05) is 0 Å². The Balaban J connectivity index is 1.01. The lowest BCUT2D eigenvalue weighted by Gasteiger charge is -2.33. The fraction of sp³-hybridized carbons (Fsp3) is 0.288. The molecule has 0 radical (unpaired) electrons. The Kier molecular flexibility index (Phi) is 20.2. The highest BCUT2D eigenvalue weighted by atomic mass is 32.2. The molecule has 0 saturated carbocycles. The van der Waals surface area contributed by atoms with Crippen LogP contribution in [0.15, 0.2) is 236 Å². The van der Waals surface area contributed by atoms with Gasteiger partial charge in [0.25, 0.3) is 0 Å². The Morgan fingerprint density at radius 2 is 0.547 bits per heavy atom. The standard InChI is InChI=1S/C73H80S2/c1-3-5-7-9-11-13-15-29-55-73(56-30-16-14-12-10-8-6-4-2)71-57-61(41-39-59-43-49-67(50-44-59)74(63-31-21-17-22-32-63)64-33-23-18-24-34-64)47-53-69(71)70-54-48-62(58-72(70)73)42-40-60-45-51-68(52-46-60)75(65-35-25-19-26-36-65)66-37-27-20-28-38-66/h17-28,31-54,57-58H,3-16,29-30,55-56H2,1-2H3/q+2/b41-39+,42-40+. The Hall–Kier alpha value is -6.06. The van der Waals surface area contributed by atoms with Gasteiger partial charge in [-0.2, -0.15) is 0 Å². The molecule has 75 heavy (non-hydrogen) atoms. The van der Waals surface area contributed by atoms with Gasteiger partial charge in [0.05, 0.1) is 21.8 Å². The molecule has 0 atom stereocenters. The molecule has 0 spiro atoms. The fourth-order valence-corrected chi connectivity index (χ4v) is 15.5. The van der Waals surface area contributed by atoms with Gasteiger partial charge in [-0.15, -0.1) is 0 Å². The van der Waals surface area contributed by atoms with E-state index in [0.717, 1.165) is 0 Å². The maximum atomic E-state index is 2.59. The highest BCUT2D eigenvalue weighted by Crippen LogP contribution is 2.55. The van der Waals surface area contributed by atoms with Crippen LogP contribution in [0.5, 0.6) is 0 Å². The summed E-state index contributed by atoms with van der Waals surface area (Å²) in [7, 11) is -0.322. The zero-order valence-electron chi connectivity index (χ0n) is 45.0. The largest absolute Gasteiger partial charge is 0.166 e. The highest BCUT2D eigenvalue weighted by Gasteiger charge is 2.42. The Bertz CT molecular complexity index is 2700. The van der Waals surface area contributed by atoms with E-state index in [0.29, 0.717) is 0 Å². The van der Waals surface area contributed by atoms with Crippen LogP contribution in [-0.4, -0.2) is 0 Å². The Morgan fingerprint density at radius 1 is 0.280 bits per heavy atom. The zero-order chi connectivity index (χ0) is 51.3. The minimum Gasteiger partial charge on any atom is -0.0654 e. The maximum Gasteiger partial charge on any atom is 0.166 e. The van der Waals surface area contributed by atoms with Gasteiger partial charge in [-0.05, 0) is 154 Å². The predicted molar refractivity (Wildman–Crippen MR) is 328 cm³/mol. The van der Waals surface area contributed by atoms with Crippen LogP contribution in [0.4, 0.5) is 0 Å². The van der Waals surface area contributed by atoms with Gasteiger partial charge in [0.2, 0.25) is 0 Å². The van der Waals surface area contributed by atoms with Gasteiger partial charge < -0.3 is 0 Å². The molecule has 0 saturated heterocycles. The molecule has 0 bridgehead atoms. The van der Waals surface area contributed by atoms with E-state index < -0.39 is 0 Å². The van der Waals surface area contributed by atoms with Gasteiger partial charge in [0.1, 0.15) is 0 Å². The van der Waals surface area contributed by atoms with Crippen LogP contribution < -0.4 is 0 Å². The van der Waals surface area contributed by atoms with Crippen molar-refractivity contribution in [3.05, 3.63) is 240 Å². The predicted octanol–water partition coefficient (Wildman–Crippen LogP) is 21.5. The second-order valence-corrected chi connectivity index (χ2v) is 24.9. The van der Waals surface area contributed by atoms with Crippen LogP contribution in [0.25, 0.3) is 35.4 Å². The van der Waals surface area contributed by atoms with Gasteiger partial charge in [-0.25, -0.2) is 0 Å². The van der Waals surface area contributed by atoms with Gasteiger partial charge in [-0.1, -0.05) is 250 Å². The molecular formula is C73H80S2+2. The van der Waals surface area contributed by atoms with Crippen LogP contribution in [-0.2, 0) is 27.2 Å². The van der Waals surface area contributed by atoms with E-state index in [2.05, 4.69) is 244 Å². The van der Waals surface area contributed by atoms with E-state index in [-0.39, 0.29) is 27.2 Å². The van der Waals surface area contributed by atoms with Crippen molar-refractivity contribution < 1.29 is 0 Å². The summed E-state index contributed by atoms with van der Waals surface area (Å²) in [6, 6.07) is 77.4. The molecule has 1 aliphatic rings. The molecule has 0 N–H and O–H groups in total. The average Bonchev–Trinajstić information content (AvgIpc) is 3.73. The van der Waals surface area contributed by atoms with Crippen molar-refractivity contribution in [3.63, 3.8) is 0 Å². The molecule has 0 unspecified atom stereocenters. The molecule has 0 aromatic heterocycles. The molecule has 9 rings (SSSR count). The third kappa shape index (κ3) is 14.3. The molecule has 0 amide bonds. The third-order valence-corrected chi connectivity index (χ3v) is 19.9. The van der Waals surface area contributed by atoms with Gasteiger partial charge in [-0.3, -0.25) is 0 Å². The minimum absolute atomic E-state index is 0.0122. The quantitative estimate of drug-likeness (QED) is 0.0261. The van der Waals surface area contributed by atoms with Crippen molar-refractivity contribution in [1.29, 1.82) is 0 Å². The first kappa shape index (κ1) is 53.8. The summed E-state index contributed by atoms with van der Waals surface area (Å²) < 4.78 is 0. The number of rotatable bonds is 28. The number of fused-ring (bicyclic) bond motifs is 3. The molecule has 0 aliphatic heterocycles. The van der Waals surface area contributed by atoms with Crippen molar-refractivity contribution in [2.45, 2.75) is 164 Å². The highest BCUT2D eigenvalue weighted by molar-refractivity contribution is 7.97. The first-order chi connectivity index (χ1) is 37.1. The van der Waals surface area contributed by atoms with E-state index >= 15 is 0 Å². The smallest absolute Gasteiger partial charge is 0.0654 e. The number of hydrogen-bond acceptors (Lipinski definition) is 0.